The van der Waals surface area contributed by atoms with Crippen molar-refractivity contribution in [2.24, 2.45) is 17.7 Å². The van der Waals surface area contributed by atoms with Crippen molar-refractivity contribution in [1.29, 1.82) is 0 Å². The van der Waals surface area contributed by atoms with Crippen LogP contribution in [0, 0.1) is 11.8 Å². The van der Waals surface area contributed by atoms with Crippen LogP contribution in [-0.4, -0.2) is 28.6 Å². The van der Waals surface area contributed by atoms with Crippen LogP contribution >= 0.6 is 23.5 Å². The molecule has 94 valence electrons. The van der Waals surface area contributed by atoms with Crippen molar-refractivity contribution in [1.82, 2.24) is 5.43 Å². The summed E-state index contributed by atoms with van der Waals surface area (Å²) in [5.41, 5.74) is 3.12. The van der Waals surface area contributed by atoms with E-state index in [4.69, 9.17) is 5.84 Å². The van der Waals surface area contributed by atoms with E-state index < -0.39 is 0 Å². The molecule has 2 unspecified atom stereocenters. The van der Waals surface area contributed by atoms with Gasteiger partial charge in [-0.2, -0.15) is 23.5 Å². The van der Waals surface area contributed by atoms with Crippen molar-refractivity contribution >= 4 is 23.5 Å². The van der Waals surface area contributed by atoms with E-state index in [0.717, 1.165) is 17.1 Å². The Bertz CT molecular complexity index is 199. The molecule has 1 heterocycles. The molecule has 2 rings (SSSR count). The predicted octanol–water partition coefficient (Wildman–Crippen LogP) is 2.49. The molecular formula is C12H24N2S2. The summed E-state index contributed by atoms with van der Waals surface area (Å²) in [7, 11) is 0. The third kappa shape index (κ3) is 3.31. The van der Waals surface area contributed by atoms with Gasteiger partial charge < -0.3 is 0 Å². The van der Waals surface area contributed by atoms with Crippen molar-refractivity contribution in [2.75, 3.05) is 17.3 Å². The van der Waals surface area contributed by atoms with Gasteiger partial charge in [0.05, 0.1) is 0 Å². The highest BCUT2D eigenvalue weighted by Gasteiger charge is 2.32. The van der Waals surface area contributed by atoms with Gasteiger partial charge in [0.2, 0.25) is 0 Å². The lowest BCUT2D eigenvalue weighted by atomic mass is 9.78. The predicted molar refractivity (Wildman–Crippen MR) is 75.8 cm³/mol. The summed E-state index contributed by atoms with van der Waals surface area (Å²) in [5, 5.41) is 0.738. The van der Waals surface area contributed by atoms with Crippen LogP contribution < -0.4 is 11.3 Å². The minimum Gasteiger partial charge on any atom is -0.271 e. The van der Waals surface area contributed by atoms with Gasteiger partial charge in [-0.1, -0.05) is 19.8 Å². The number of thioether (sulfide) groups is 2. The molecule has 0 aromatic heterocycles. The first-order chi connectivity index (χ1) is 7.81. The normalized spacial score (nSPS) is 38.2. The molecule has 3 N–H and O–H groups in total. The Balaban J connectivity index is 1.88. The van der Waals surface area contributed by atoms with Gasteiger partial charge in [0.25, 0.3) is 0 Å². The molecule has 0 aromatic carbocycles. The topological polar surface area (TPSA) is 38.0 Å². The fourth-order valence-electron chi connectivity index (χ4n) is 2.91. The van der Waals surface area contributed by atoms with Crippen molar-refractivity contribution in [2.45, 2.75) is 43.9 Å². The van der Waals surface area contributed by atoms with E-state index in [1.807, 2.05) is 0 Å². The lowest BCUT2D eigenvalue weighted by Gasteiger charge is -2.37. The van der Waals surface area contributed by atoms with Crippen LogP contribution in [-0.2, 0) is 0 Å². The standard InChI is InChI=1S/C12H24N2S2/c1-9-2-4-10(5-3-9)12(14-13)11-8-15-6-7-16-11/h9-12,14H,2-8,13H2,1H3. The molecule has 1 aliphatic heterocycles. The molecule has 2 aliphatic rings. The molecule has 0 spiro atoms. The van der Waals surface area contributed by atoms with E-state index in [-0.39, 0.29) is 0 Å². The van der Waals surface area contributed by atoms with Crippen LogP contribution in [0.25, 0.3) is 0 Å². The lowest BCUT2D eigenvalue weighted by molar-refractivity contribution is 0.230. The number of nitrogens with two attached hydrogens (primary N) is 1. The smallest absolute Gasteiger partial charge is 0.0365 e. The highest BCUT2D eigenvalue weighted by atomic mass is 32.2. The third-order valence-corrected chi connectivity index (χ3v) is 6.89. The molecule has 0 amide bonds. The number of rotatable bonds is 3. The Labute approximate surface area is 108 Å². The first-order valence-electron chi connectivity index (χ1n) is 6.46. The molecule has 0 aromatic rings. The van der Waals surface area contributed by atoms with Gasteiger partial charge in [-0.15, -0.1) is 0 Å². The molecule has 2 atom stereocenters. The minimum atomic E-state index is 0.547. The maximum atomic E-state index is 5.80. The fraction of sp³-hybridized carbons (Fsp3) is 1.00. The fourth-order valence-corrected chi connectivity index (χ4v) is 5.85. The van der Waals surface area contributed by atoms with Gasteiger partial charge in [-0.05, 0) is 24.7 Å². The van der Waals surface area contributed by atoms with E-state index in [2.05, 4.69) is 35.9 Å². The Morgan fingerprint density at radius 2 is 1.94 bits per heavy atom. The highest BCUT2D eigenvalue weighted by Crippen LogP contribution is 2.36. The molecule has 4 heteroatoms. The quantitative estimate of drug-likeness (QED) is 0.604. The zero-order valence-corrected chi connectivity index (χ0v) is 11.8. The molecule has 1 saturated heterocycles. The summed E-state index contributed by atoms with van der Waals surface area (Å²) in [6, 6.07) is 0.547. The molecule has 2 nitrogen and oxygen atoms in total. The van der Waals surface area contributed by atoms with Gasteiger partial charge in [0.1, 0.15) is 0 Å². The SMILES string of the molecule is CC1CCC(C(NN)C2CSCCS2)CC1. The van der Waals surface area contributed by atoms with Crippen molar-refractivity contribution in [3.05, 3.63) is 0 Å². The van der Waals surface area contributed by atoms with E-state index in [0.29, 0.717) is 6.04 Å². The van der Waals surface area contributed by atoms with E-state index in [1.165, 1.54) is 42.9 Å². The van der Waals surface area contributed by atoms with Crippen LogP contribution in [0.4, 0.5) is 0 Å². The molecule has 0 bridgehead atoms. The molecule has 2 fully saturated rings. The van der Waals surface area contributed by atoms with E-state index in [9.17, 15) is 0 Å². The maximum Gasteiger partial charge on any atom is 0.0365 e. The number of hydrogen-bond acceptors (Lipinski definition) is 4. The monoisotopic (exact) mass is 260 g/mol. The lowest BCUT2D eigenvalue weighted by Crippen LogP contribution is -2.50. The second kappa shape index (κ2) is 6.53. The van der Waals surface area contributed by atoms with Crippen LogP contribution in [0.3, 0.4) is 0 Å². The van der Waals surface area contributed by atoms with Crippen LogP contribution in [0.2, 0.25) is 0 Å². The Morgan fingerprint density at radius 3 is 2.50 bits per heavy atom. The van der Waals surface area contributed by atoms with Crippen molar-refractivity contribution < 1.29 is 0 Å². The van der Waals surface area contributed by atoms with Crippen LogP contribution in [0.1, 0.15) is 32.6 Å². The molecule has 0 radical (unpaired) electrons. The summed E-state index contributed by atoms with van der Waals surface area (Å²) in [6.07, 6.45) is 5.54. The summed E-state index contributed by atoms with van der Waals surface area (Å²) >= 11 is 4.22. The summed E-state index contributed by atoms with van der Waals surface area (Å²) in [4.78, 5) is 0. The first-order valence-corrected chi connectivity index (χ1v) is 8.67. The zero-order chi connectivity index (χ0) is 11.4. The van der Waals surface area contributed by atoms with Gasteiger partial charge >= 0.3 is 0 Å². The Morgan fingerprint density at radius 1 is 1.19 bits per heavy atom. The maximum absolute atomic E-state index is 5.80. The average Bonchev–Trinajstić information content (AvgIpc) is 2.34. The Kier molecular flexibility index (Phi) is 5.33. The summed E-state index contributed by atoms with van der Waals surface area (Å²) in [5.74, 6) is 11.5. The Hall–Kier alpha value is 0.620. The molecular weight excluding hydrogens is 236 g/mol. The van der Waals surface area contributed by atoms with Gasteiger partial charge in [0, 0.05) is 28.6 Å². The van der Waals surface area contributed by atoms with Gasteiger partial charge in [-0.3, -0.25) is 11.3 Å². The van der Waals surface area contributed by atoms with Crippen LogP contribution in [0.15, 0.2) is 0 Å². The van der Waals surface area contributed by atoms with Crippen LogP contribution in [0.5, 0.6) is 0 Å². The zero-order valence-electron chi connectivity index (χ0n) is 10.2. The third-order valence-electron chi connectivity index (χ3n) is 4.00. The number of hydrogen-bond donors (Lipinski definition) is 2. The summed E-state index contributed by atoms with van der Waals surface area (Å²) < 4.78 is 0. The second-order valence-corrected chi connectivity index (χ2v) is 7.69. The van der Waals surface area contributed by atoms with E-state index in [1.54, 1.807) is 0 Å². The first kappa shape index (κ1) is 13.1. The highest BCUT2D eigenvalue weighted by molar-refractivity contribution is 8.06. The molecule has 16 heavy (non-hydrogen) atoms. The summed E-state index contributed by atoms with van der Waals surface area (Å²) in [6.45, 7) is 2.38. The largest absolute Gasteiger partial charge is 0.271 e. The average molecular weight is 260 g/mol. The molecule has 1 aliphatic carbocycles. The van der Waals surface area contributed by atoms with Gasteiger partial charge in [0.15, 0.2) is 0 Å². The second-order valence-electron chi connectivity index (χ2n) is 5.20. The van der Waals surface area contributed by atoms with Crippen molar-refractivity contribution in [3.63, 3.8) is 0 Å². The number of nitrogens with one attached hydrogen (secondary N) is 1. The minimum absolute atomic E-state index is 0.547. The van der Waals surface area contributed by atoms with Crippen molar-refractivity contribution in [3.8, 4) is 0 Å². The molecule has 1 saturated carbocycles. The van der Waals surface area contributed by atoms with E-state index >= 15 is 0 Å². The number of hydrazine groups is 1. The van der Waals surface area contributed by atoms with Gasteiger partial charge in [-0.25, -0.2) is 0 Å².